The lowest BCUT2D eigenvalue weighted by Gasteiger charge is -2.30. The second-order valence-electron chi connectivity index (χ2n) is 6.68. The van der Waals surface area contributed by atoms with Crippen LogP contribution in [0.25, 0.3) is 11.4 Å². The van der Waals surface area contributed by atoms with Gasteiger partial charge in [-0.05, 0) is 30.9 Å². The van der Waals surface area contributed by atoms with Crippen LogP contribution >= 0.6 is 0 Å². The monoisotopic (exact) mass is 343 g/mol. The SMILES string of the molecule is CC(C)[C@@H](NC1CCOCC1)C(=O)Nc1cccc(-c2ncn[nH]2)c1. The lowest BCUT2D eigenvalue weighted by Crippen LogP contribution is -2.50. The molecule has 2 heterocycles. The minimum Gasteiger partial charge on any atom is -0.381 e. The van der Waals surface area contributed by atoms with Gasteiger partial charge in [0.05, 0.1) is 6.04 Å². The van der Waals surface area contributed by atoms with Gasteiger partial charge in [-0.3, -0.25) is 9.89 Å². The quantitative estimate of drug-likeness (QED) is 0.748. The number of nitrogens with one attached hydrogen (secondary N) is 3. The van der Waals surface area contributed by atoms with Crippen molar-refractivity contribution in [2.24, 2.45) is 5.92 Å². The maximum atomic E-state index is 12.8. The normalized spacial score (nSPS) is 16.8. The van der Waals surface area contributed by atoms with Crippen molar-refractivity contribution in [3.8, 4) is 11.4 Å². The third-order valence-electron chi connectivity index (χ3n) is 4.40. The Kier molecular flexibility index (Phi) is 5.78. The number of carbonyl (C=O) groups excluding carboxylic acids is 1. The summed E-state index contributed by atoms with van der Waals surface area (Å²) in [6.07, 6.45) is 3.35. The molecule has 0 spiro atoms. The van der Waals surface area contributed by atoms with E-state index in [0.29, 0.717) is 11.9 Å². The number of anilines is 1. The number of H-pyrrole nitrogens is 1. The molecule has 0 saturated carbocycles. The number of hydrogen-bond acceptors (Lipinski definition) is 5. The number of amides is 1. The van der Waals surface area contributed by atoms with Gasteiger partial charge in [-0.2, -0.15) is 5.10 Å². The van der Waals surface area contributed by atoms with Crippen molar-refractivity contribution in [2.75, 3.05) is 18.5 Å². The Morgan fingerprint density at radius 1 is 1.32 bits per heavy atom. The molecule has 1 aliphatic heterocycles. The number of aromatic amines is 1. The number of ether oxygens (including phenoxy) is 1. The van der Waals surface area contributed by atoms with Crippen LogP contribution in [0.3, 0.4) is 0 Å². The minimum absolute atomic E-state index is 0.0174. The zero-order chi connectivity index (χ0) is 17.6. The standard InChI is InChI=1S/C18H25N5O2/c1-12(2)16(21-14-6-8-25-9-7-14)18(24)22-15-5-3-4-13(10-15)17-19-11-20-23-17/h3-5,10-12,14,16,21H,6-9H2,1-2H3,(H,22,24)(H,19,20,23)/t16-/m1/s1. The van der Waals surface area contributed by atoms with E-state index >= 15 is 0 Å². The summed E-state index contributed by atoms with van der Waals surface area (Å²) >= 11 is 0. The number of hydrogen-bond donors (Lipinski definition) is 3. The van der Waals surface area contributed by atoms with Crippen LogP contribution in [0.15, 0.2) is 30.6 Å². The summed E-state index contributed by atoms with van der Waals surface area (Å²) in [5, 5.41) is 13.2. The van der Waals surface area contributed by atoms with Crippen LogP contribution in [0.2, 0.25) is 0 Å². The van der Waals surface area contributed by atoms with Crippen molar-refractivity contribution >= 4 is 11.6 Å². The highest BCUT2D eigenvalue weighted by Crippen LogP contribution is 2.19. The van der Waals surface area contributed by atoms with E-state index in [-0.39, 0.29) is 17.9 Å². The van der Waals surface area contributed by atoms with Crippen molar-refractivity contribution in [1.82, 2.24) is 20.5 Å². The van der Waals surface area contributed by atoms with E-state index in [1.54, 1.807) is 0 Å². The molecule has 7 nitrogen and oxygen atoms in total. The van der Waals surface area contributed by atoms with E-state index in [1.165, 1.54) is 6.33 Å². The molecular weight excluding hydrogens is 318 g/mol. The van der Waals surface area contributed by atoms with E-state index < -0.39 is 0 Å². The lowest BCUT2D eigenvalue weighted by atomic mass is 9.99. The Labute approximate surface area is 147 Å². The largest absolute Gasteiger partial charge is 0.381 e. The molecule has 1 aromatic carbocycles. The molecule has 0 aliphatic carbocycles. The van der Waals surface area contributed by atoms with Crippen LogP contribution < -0.4 is 10.6 Å². The fourth-order valence-electron chi connectivity index (χ4n) is 3.00. The van der Waals surface area contributed by atoms with E-state index in [4.69, 9.17) is 4.74 Å². The molecule has 1 aromatic heterocycles. The van der Waals surface area contributed by atoms with E-state index in [2.05, 4.69) is 39.7 Å². The first kappa shape index (κ1) is 17.6. The van der Waals surface area contributed by atoms with E-state index in [9.17, 15) is 4.79 Å². The average molecular weight is 343 g/mol. The van der Waals surface area contributed by atoms with Gasteiger partial charge in [0.25, 0.3) is 0 Å². The first-order chi connectivity index (χ1) is 12.1. The molecule has 134 valence electrons. The third kappa shape index (κ3) is 4.64. The second kappa shape index (κ2) is 8.22. The van der Waals surface area contributed by atoms with Gasteiger partial charge in [0, 0.05) is 30.5 Å². The number of aromatic nitrogens is 3. The molecular formula is C18H25N5O2. The number of carbonyl (C=O) groups is 1. The number of nitrogens with zero attached hydrogens (tertiary/aromatic N) is 2. The van der Waals surface area contributed by atoms with Gasteiger partial charge >= 0.3 is 0 Å². The molecule has 0 bridgehead atoms. The van der Waals surface area contributed by atoms with Crippen LogP contribution in [0.5, 0.6) is 0 Å². The summed E-state index contributed by atoms with van der Waals surface area (Å²) in [4.78, 5) is 16.9. The summed E-state index contributed by atoms with van der Waals surface area (Å²) < 4.78 is 5.39. The summed E-state index contributed by atoms with van der Waals surface area (Å²) in [5.41, 5.74) is 1.63. The molecule has 0 radical (unpaired) electrons. The summed E-state index contributed by atoms with van der Waals surface area (Å²) in [6.45, 7) is 5.62. The maximum Gasteiger partial charge on any atom is 0.241 e. The highest BCUT2D eigenvalue weighted by atomic mass is 16.5. The van der Waals surface area contributed by atoms with E-state index in [0.717, 1.165) is 37.3 Å². The Hall–Kier alpha value is -2.25. The zero-order valence-corrected chi connectivity index (χ0v) is 14.7. The maximum absolute atomic E-state index is 12.8. The Morgan fingerprint density at radius 2 is 2.12 bits per heavy atom. The Bertz CT molecular complexity index is 681. The highest BCUT2D eigenvalue weighted by molar-refractivity contribution is 5.95. The molecule has 1 fully saturated rings. The van der Waals surface area contributed by atoms with Crippen LogP contribution in [0.4, 0.5) is 5.69 Å². The zero-order valence-electron chi connectivity index (χ0n) is 14.7. The molecule has 2 aromatic rings. The predicted molar refractivity (Wildman–Crippen MR) is 96.1 cm³/mol. The molecule has 1 saturated heterocycles. The molecule has 3 N–H and O–H groups in total. The first-order valence-electron chi connectivity index (χ1n) is 8.74. The summed E-state index contributed by atoms with van der Waals surface area (Å²) in [5.74, 6) is 0.855. The van der Waals surface area contributed by atoms with Gasteiger partial charge in [-0.15, -0.1) is 0 Å². The van der Waals surface area contributed by atoms with Gasteiger partial charge in [-0.1, -0.05) is 26.0 Å². The first-order valence-corrected chi connectivity index (χ1v) is 8.74. The third-order valence-corrected chi connectivity index (χ3v) is 4.40. The van der Waals surface area contributed by atoms with E-state index in [1.807, 2.05) is 24.3 Å². The molecule has 1 atom stereocenters. The van der Waals surface area contributed by atoms with Crippen molar-refractivity contribution < 1.29 is 9.53 Å². The van der Waals surface area contributed by atoms with Gasteiger partial charge in [0.2, 0.25) is 5.91 Å². The molecule has 25 heavy (non-hydrogen) atoms. The van der Waals surface area contributed by atoms with Crippen molar-refractivity contribution in [3.63, 3.8) is 0 Å². The average Bonchev–Trinajstić information content (AvgIpc) is 3.15. The van der Waals surface area contributed by atoms with Crippen molar-refractivity contribution in [1.29, 1.82) is 0 Å². The molecule has 1 aliphatic rings. The second-order valence-corrected chi connectivity index (χ2v) is 6.68. The predicted octanol–water partition coefficient (Wildman–Crippen LogP) is 2.20. The topological polar surface area (TPSA) is 91.9 Å². The smallest absolute Gasteiger partial charge is 0.241 e. The fourth-order valence-corrected chi connectivity index (χ4v) is 3.00. The molecule has 7 heteroatoms. The minimum atomic E-state index is -0.239. The van der Waals surface area contributed by atoms with Crippen LogP contribution in [-0.2, 0) is 9.53 Å². The number of benzene rings is 1. The van der Waals surface area contributed by atoms with Crippen molar-refractivity contribution in [2.45, 2.75) is 38.8 Å². The van der Waals surface area contributed by atoms with Crippen LogP contribution in [-0.4, -0.2) is 46.4 Å². The Balaban J connectivity index is 1.67. The lowest BCUT2D eigenvalue weighted by molar-refractivity contribution is -0.119. The van der Waals surface area contributed by atoms with Gasteiger partial charge in [-0.25, -0.2) is 4.98 Å². The Morgan fingerprint density at radius 3 is 2.80 bits per heavy atom. The van der Waals surface area contributed by atoms with Crippen molar-refractivity contribution in [3.05, 3.63) is 30.6 Å². The van der Waals surface area contributed by atoms with Gasteiger partial charge in [0.15, 0.2) is 5.82 Å². The number of rotatable bonds is 6. The van der Waals surface area contributed by atoms with Gasteiger partial charge in [0.1, 0.15) is 6.33 Å². The fraction of sp³-hybridized carbons (Fsp3) is 0.500. The van der Waals surface area contributed by atoms with Crippen LogP contribution in [0, 0.1) is 5.92 Å². The van der Waals surface area contributed by atoms with Gasteiger partial charge < -0.3 is 15.4 Å². The summed E-state index contributed by atoms with van der Waals surface area (Å²) in [7, 11) is 0. The molecule has 0 unspecified atom stereocenters. The molecule has 3 rings (SSSR count). The molecule has 1 amide bonds. The highest BCUT2D eigenvalue weighted by Gasteiger charge is 2.26. The van der Waals surface area contributed by atoms with Crippen LogP contribution in [0.1, 0.15) is 26.7 Å². The summed E-state index contributed by atoms with van der Waals surface area (Å²) in [6, 6.07) is 7.68.